The number of alkyl halides is 3. The summed E-state index contributed by atoms with van der Waals surface area (Å²) in [6.07, 6.45) is -4.01. The molecule has 0 spiro atoms. The maximum atomic E-state index is 12.2. The average molecular weight is 222 g/mol. The van der Waals surface area contributed by atoms with Gasteiger partial charge in [-0.2, -0.15) is 13.2 Å². The molecule has 1 aromatic heterocycles. The lowest BCUT2D eigenvalue weighted by Crippen LogP contribution is -2.33. The van der Waals surface area contributed by atoms with Crippen LogP contribution in [0.25, 0.3) is 0 Å². The molecular weight excluding hydrogens is 213 g/mol. The molecule has 84 valence electrons. The van der Waals surface area contributed by atoms with Gasteiger partial charge in [-0.25, -0.2) is 4.98 Å². The monoisotopic (exact) mass is 222 g/mol. The van der Waals surface area contributed by atoms with E-state index in [4.69, 9.17) is 4.74 Å². The SMILES string of the molecule is FC(F)(F)c1nc(C2CNCCO2)co1. The summed E-state index contributed by atoms with van der Waals surface area (Å²) in [6, 6.07) is 0. The van der Waals surface area contributed by atoms with Crippen LogP contribution in [0.3, 0.4) is 0 Å². The predicted molar refractivity (Wildman–Crippen MR) is 43.1 cm³/mol. The van der Waals surface area contributed by atoms with E-state index in [-0.39, 0.29) is 5.69 Å². The van der Waals surface area contributed by atoms with Crippen molar-refractivity contribution in [1.29, 1.82) is 0 Å². The van der Waals surface area contributed by atoms with Crippen LogP contribution >= 0.6 is 0 Å². The van der Waals surface area contributed by atoms with Crippen molar-refractivity contribution in [2.45, 2.75) is 12.3 Å². The van der Waals surface area contributed by atoms with Gasteiger partial charge in [0, 0.05) is 13.1 Å². The van der Waals surface area contributed by atoms with E-state index in [9.17, 15) is 13.2 Å². The van der Waals surface area contributed by atoms with E-state index in [0.717, 1.165) is 6.26 Å². The number of aromatic nitrogens is 1. The predicted octanol–water partition coefficient (Wildman–Crippen LogP) is 1.35. The molecule has 0 bridgehead atoms. The number of rotatable bonds is 1. The summed E-state index contributed by atoms with van der Waals surface area (Å²) in [5, 5.41) is 2.99. The number of hydrogen-bond donors (Lipinski definition) is 1. The molecule has 1 unspecified atom stereocenters. The third kappa shape index (κ3) is 2.29. The van der Waals surface area contributed by atoms with Crippen LogP contribution in [-0.4, -0.2) is 24.7 Å². The zero-order chi connectivity index (χ0) is 10.9. The fourth-order valence-electron chi connectivity index (χ4n) is 1.32. The van der Waals surface area contributed by atoms with Crippen LogP contribution in [0.15, 0.2) is 10.7 Å². The van der Waals surface area contributed by atoms with E-state index >= 15 is 0 Å². The molecule has 15 heavy (non-hydrogen) atoms. The second-order valence-corrected chi connectivity index (χ2v) is 3.14. The van der Waals surface area contributed by atoms with Gasteiger partial charge in [-0.15, -0.1) is 0 Å². The Morgan fingerprint density at radius 1 is 1.47 bits per heavy atom. The van der Waals surface area contributed by atoms with Crippen LogP contribution in [0, 0.1) is 0 Å². The van der Waals surface area contributed by atoms with Crippen molar-refractivity contribution in [3.05, 3.63) is 17.8 Å². The maximum Gasteiger partial charge on any atom is 0.468 e. The van der Waals surface area contributed by atoms with Crippen molar-refractivity contribution < 1.29 is 22.3 Å². The largest absolute Gasteiger partial charge is 0.468 e. The number of hydrogen-bond acceptors (Lipinski definition) is 4. The highest BCUT2D eigenvalue weighted by atomic mass is 19.4. The molecule has 1 aliphatic heterocycles. The molecule has 0 aromatic carbocycles. The van der Waals surface area contributed by atoms with Gasteiger partial charge >= 0.3 is 12.1 Å². The number of halogens is 3. The highest BCUT2D eigenvalue weighted by Gasteiger charge is 2.38. The fraction of sp³-hybridized carbons (Fsp3) is 0.625. The average Bonchev–Trinajstić information content (AvgIpc) is 2.67. The smallest absolute Gasteiger partial charge is 0.441 e. The Morgan fingerprint density at radius 3 is 2.80 bits per heavy atom. The number of oxazole rings is 1. The summed E-state index contributed by atoms with van der Waals surface area (Å²) in [4.78, 5) is 3.35. The standard InChI is InChI=1S/C8H9F3N2O2/c9-8(10,11)7-13-5(4-15-7)6-3-12-1-2-14-6/h4,6,12H,1-3H2. The molecule has 0 radical (unpaired) electrons. The Kier molecular flexibility index (Phi) is 2.66. The summed E-state index contributed by atoms with van der Waals surface area (Å²) >= 11 is 0. The molecule has 1 aromatic rings. The molecule has 0 aliphatic carbocycles. The van der Waals surface area contributed by atoms with Crippen LogP contribution in [0.5, 0.6) is 0 Å². The molecule has 4 nitrogen and oxygen atoms in total. The summed E-state index contributed by atoms with van der Waals surface area (Å²) in [5.74, 6) is -1.23. The lowest BCUT2D eigenvalue weighted by atomic mass is 10.2. The molecule has 1 atom stereocenters. The molecule has 1 saturated heterocycles. The van der Waals surface area contributed by atoms with E-state index in [1.165, 1.54) is 0 Å². The normalized spacial score (nSPS) is 23.0. The summed E-state index contributed by atoms with van der Waals surface area (Å²) < 4.78 is 46.0. The second kappa shape index (κ2) is 3.82. The summed E-state index contributed by atoms with van der Waals surface area (Å²) in [6.45, 7) is 1.60. The zero-order valence-electron chi connectivity index (χ0n) is 7.67. The Balaban J connectivity index is 2.12. The number of ether oxygens (including phenoxy) is 1. The lowest BCUT2D eigenvalue weighted by molar-refractivity contribution is -0.157. The van der Waals surface area contributed by atoms with Gasteiger partial charge in [-0.05, 0) is 0 Å². The molecule has 0 amide bonds. The first kappa shape index (κ1) is 10.4. The van der Waals surface area contributed by atoms with Gasteiger partial charge in [-0.3, -0.25) is 0 Å². The van der Waals surface area contributed by atoms with Gasteiger partial charge in [0.2, 0.25) is 0 Å². The Bertz CT molecular complexity index is 331. The topological polar surface area (TPSA) is 47.3 Å². The lowest BCUT2D eigenvalue weighted by Gasteiger charge is -2.21. The molecule has 1 aliphatic rings. The third-order valence-electron chi connectivity index (χ3n) is 2.02. The minimum Gasteiger partial charge on any atom is -0.441 e. The van der Waals surface area contributed by atoms with Gasteiger partial charge in [0.05, 0.1) is 6.61 Å². The van der Waals surface area contributed by atoms with Gasteiger partial charge in [0.25, 0.3) is 0 Å². The van der Waals surface area contributed by atoms with Crippen molar-refractivity contribution in [3.63, 3.8) is 0 Å². The number of nitrogens with zero attached hydrogens (tertiary/aromatic N) is 1. The van der Waals surface area contributed by atoms with Gasteiger partial charge in [-0.1, -0.05) is 0 Å². The highest BCUT2D eigenvalue weighted by Crippen LogP contribution is 2.30. The molecule has 2 heterocycles. The van der Waals surface area contributed by atoms with Gasteiger partial charge in [0.1, 0.15) is 18.1 Å². The fourth-order valence-corrected chi connectivity index (χ4v) is 1.32. The van der Waals surface area contributed by atoms with E-state index in [1.807, 2.05) is 0 Å². The van der Waals surface area contributed by atoms with E-state index in [2.05, 4.69) is 14.7 Å². The number of morpholine rings is 1. The van der Waals surface area contributed by atoms with Crippen molar-refractivity contribution in [2.24, 2.45) is 0 Å². The highest BCUT2D eigenvalue weighted by molar-refractivity contribution is 5.04. The van der Waals surface area contributed by atoms with Crippen molar-refractivity contribution in [2.75, 3.05) is 19.7 Å². The van der Waals surface area contributed by atoms with Crippen molar-refractivity contribution in [1.82, 2.24) is 10.3 Å². The van der Waals surface area contributed by atoms with Crippen molar-refractivity contribution in [3.8, 4) is 0 Å². The second-order valence-electron chi connectivity index (χ2n) is 3.14. The first-order chi connectivity index (χ1) is 7.07. The molecule has 1 fully saturated rings. The Labute approximate surface area is 83.4 Å². The van der Waals surface area contributed by atoms with Gasteiger partial charge < -0.3 is 14.5 Å². The van der Waals surface area contributed by atoms with E-state index in [1.54, 1.807) is 0 Å². The Hall–Kier alpha value is -1.08. The van der Waals surface area contributed by atoms with Crippen LogP contribution in [0.2, 0.25) is 0 Å². The van der Waals surface area contributed by atoms with Crippen LogP contribution in [-0.2, 0) is 10.9 Å². The van der Waals surface area contributed by atoms with Crippen LogP contribution < -0.4 is 5.32 Å². The summed E-state index contributed by atoms with van der Waals surface area (Å²) in [5.41, 5.74) is 0.175. The van der Waals surface area contributed by atoms with Gasteiger partial charge in [0.15, 0.2) is 0 Å². The first-order valence-electron chi connectivity index (χ1n) is 4.42. The van der Waals surface area contributed by atoms with E-state index in [0.29, 0.717) is 19.7 Å². The molecular formula is C8H9F3N2O2. The first-order valence-corrected chi connectivity index (χ1v) is 4.42. The van der Waals surface area contributed by atoms with Crippen LogP contribution in [0.4, 0.5) is 13.2 Å². The number of nitrogens with one attached hydrogen (secondary N) is 1. The zero-order valence-corrected chi connectivity index (χ0v) is 7.67. The minimum absolute atomic E-state index is 0.175. The third-order valence-corrected chi connectivity index (χ3v) is 2.02. The summed E-state index contributed by atoms with van der Waals surface area (Å²) in [7, 11) is 0. The van der Waals surface area contributed by atoms with E-state index < -0.39 is 18.2 Å². The Morgan fingerprint density at radius 2 is 2.27 bits per heavy atom. The molecule has 2 rings (SSSR count). The van der Waals surface area contributed by atoms with Crippen molar-refractivity contribution >= 4 is 0 Å². The van der Waals surface area contributed by atoms with Crippen LogP contribution in [0.1, 0.15) is 17.7 Å². The minimum atomic E-state index is -4.54. The molecule has 7 heteroatoms. The quantitative estimate of drug-likeness (QED) is 0.779. The maximum absolute atomic E-state index is 12.2. The molecule has 1 N–H and O–H groups in total. The molecule has 0 saturated carbocycles.